The third kappa shape index (κ3) is 3.77. The maximum atomic E-state index is 6.04. The van der Waals surface area contributed by atoms with Crippen molar-refractivity contribution >= 4 is 23.2 Å². The minimum atomic E-state index is 0.505. The van der Waals surface area contributed by atoms with Crippen LogP contribution in [0.25, 0.3) is 0 Å². The Bertz CT molecular complexity index is 364. The zero-order chi connectivity index (χ0) is 12.1. The first kappa shape index (κ1) is 13.0. The average Bonchev–Trinajstić information content (AvgIpc) is 2.36. The van der Waals surface area contributed by atoms with Crippen molar-refractivity contribution in [2.75, 3.05) is 13.2 Å². The van der Waals surface area contributed by atoms with Crippen LogP contribution in [0.15, 0.2) is 18.2 Å². The van der Waals surface area contributed by atoms with E-state index in [1.165, 1.54) is 19.3 Å². The van der Waals surface area contributed by atoms with Gasteiger partial charge in [-0.1, -0.05) is 35.7 Å². The molecule has 94 valence electrons. The van der Waals surface area contributed by atoms with E-state index in [0.29, 0.717) is 28.4 Å². The SMILES string of the molecule is Clc1cccc(OCCC2CCCCN2)c1Cl. The third-order valence-electron chi connectivity index (χ3n) is 3.05. The van der Waals surface area contributed by atoms with Crippen LogP contribution < -0.4 is 10.1 Å². The lowest BCUT2D eigenvalue weighted by Crippen LogP contribution is -2.35. The van der Waals surface area contributed by atoms with Gasteiger partial charge in [0.1, 0.15) is 10.8 Å². The van der Waals surface area contributed by atoms with Gasteiger partial charge in [0.05, 0.1) is 11.6 Å². The quantitative estimate of drug-likeness (QED) is 0.899. The molecular formula is C13H17Cl2NO. The molecule has 0 bridgehead atoms. The Labute approximate surface area is 112 Å². The van der Waals surface area contributed by atoms with E-state index in [9.17, 15) is 0 Å². The molecule has 2 nitrogen and oxygen atoms in total. The minimum Gasteiger partial charge on any atom is -0.492 e. The molecule has 1 aliphatic rings. The molecule has 0 aliphatic carbocycles. The predicted molar refractivity (Wildman–Crippen MR) is 72.2 cm³/mol. The third-order valence-corrected chi connectivity index (χ3v) is 3.85. The Morgan fingerprint density at radius 2 is 2.18 bits per heavy atom. The van der Waals surface area contributed by atoms with Gasteiger partial charge in [0, 0.05) is 6.04 Å². The van der Waals surface area contributed by atoms with Gasteiger partial charge in [-0.2, -0.15) is 0 Å². The van der Waals surface area contributed by atoms with Crippen LogP contribution in [-0.4, -0.2) is 19.2 Å². The Morgan fingerprint density at radius 3 is 2.94 bits per heavy atom. The summed E-state index contributed by atoms with van der Waals surface area (Å²) in [6, 6.07) is 6.05. The summed E-state index contributed by atoms with van der Waals surface area (Å²) in [4.78, 5) is 0. The standard InChI is InChI=1S/C13H17Cl2NO/c14-11-5-3-6-12(13(11)15)17-9-7-10-4-1-2-8-16-10/h3,5-6,10,16H,1-2,4,7-9H2. The summed E-state index contributed by atoms with van der Waals surface area (Å²) in [6.07, 6.45) is 4.86. The van der Waals surface area contributed by atoms with Crippen LogP contribution >= 0.6 is 23.2 Å². The molecule has 4 heteroatoms. The molecule has 1 aliphatic heterocycles. The highest BCUT2D eigenvalue weighted by Crippen LogP contribution is 2.31. The number of nitrogens with one attached hydrogen (secondary N) is 1. The van der Waals surface area contributed by atoms with Crippen LogP contribution in [0.4, 0.5) is 0 Å². The largest absolute Gasteiger partial charge is 0.492 e. The average molecular weight is 274 g/mol. The van der Waals surface area contributed by atoms with Crippen LogP contribution in [0.2, 0.25) is 10.0 Å². The normalized spacial score (nSPS) is 20.2. The van der Waals surface area contributed by atoms with Gasteiger partial charge in [-0.3, -0.25) is 0 Å². The number of ether oxygens (including phenoxy) is 1. The van der Waals surface area contributed by atoms with E-state index in [-0.39, 0.29) is 0 Å². The molecule has 1 N–H and O–H groups in total. The van der Waals surface area contributed by atoms with Crippen molar-refractivity contribution in [1.29, 1.82) is 0 Å². The molecule has 1 aromatic rings. The van der Waals surface area contributed by atoms with Crippen LogP contribution in [0.3, 0.4) is 0 Å². The van der Waals surface area contributed by atoms with E-state index in [0.717, 1.165) is 13.0 Å². The van der Waals surface area contributed by atoms with Gasteiger partial charge >= 0.3 is 0 Å². The molecule has 1 fully saturated rings. The fourth-order valence-electron chi connectivity index (χ4n) is 2.08. The van der Waals surface area contributed by atoms with E-state index in [4.69, 9.17) is 27.9 Å². The Morgan fingerprint density at radius 1 is 1.29 bits per heavy atom. The fraction of sp³-hybridized carbons (Fsp3) is 0.538. The highest BCUT2D eigenvalue weighted by molar-refractivity contribution is 6.42. The fourth-order valence-corrected chi connectivity index (χ4v) is 2.42. The molecule has 1 aromatic carbocycles. The van der Waals surface area contributed by atoms with Gasteiger partial charge in [0.2, 0.25) is 0 Å². The smallest absolute Gasteiger partial charge is 0.139 e. The number of hydrogen-bond donors (Lipinski definition) is 1. The number of rotatable bonds is 4. The zero-order valence-electron chi connectivity index (χ0n) is 9.72. The topological polar surface area (TPSA) is 21.3 Å². The van der Waals surface area contributed by atoms with E-state index >= 15 is 0 Å². The lowest BCUT2D eigenvalue weighted by atomic mass is 10.0. The molecule has 1 atom stereocenters. The second kappa shape index (κ2) is 6.48. The highest BCUT2D eigenvalue weighted by atomic mass is 35.5. The molecule has 1 heterocycles. The van der Waals surface area contributed by atoms with Crippen molar-refractivity contribution in [3.05, 3.63) is 28.2 Å². The summed E-state index contributed by atoms with van der Waals surface area (Å²) in [6.45, 7) is 1.81. The molecule has 0 radical (unpaired) electrons. The first-order valence-electron chi connectivity index (χ1n) is 6.07. The van der Waals surface area contributed by atoms with Crippen LogP contribution in [-0.2, 0) is 0 Å². The van der Waals surface area contributed by atoms with Crippen molar-refractivity contribution in [1.82, 2.24) is 5.32 Å². The summed E-state index contributed by atoms with van der Waals surface area (Å²) in [7, 11) is 0. The molecular weight excluding hydrogens is 257 g/mol. The van der Waals surface area contributed by atoms with Crippen molar-refractivity contribution in [2.45, 2.75) is 31.7 Å². The van der Waals surface area contributed by atoms with E-state index in [2.05, 4.69) is 5.32 Å². The summed E-state index contributed by atoms with van der Waals surface area (Å²) < 4.78 is 5.66. The second-order valence-corrected chi connectivity index (χ2v) is 5.12. The minimum absolute atomic E-state index is 0.505. The lowest BCUT2D eigenvalue weighted by molar-refractivity contribution is 0.268. The Kier molecular flexibility index (Phi) is 4.96. The van der Waals surface area contributed by atoms with Crippen molar-refractivity contribution < 1.29 is 4.74 Å². The van der Waals surface area contributed by atoms with Crippen LogP contribution in [0.5, 0.6) is 5.75 Å². The molecule has 0 spiro atoms. The van der Waals surface area contributed by atoms with Crippen LogP contribution in [0, 0.1) is 0 Å². The van der Waals surface area contributed by atoms with Crippen LogP contribution in [0.1, 0.15) is 25.7 Å². The molecule has 0 aromatic heterocycles. The van der Waals surface area contributed by atoms with Crippen molar-refractivity contribution in [3.63, 3.8) is 0 Å². The predicted octanol–water partition coefficient (Wildman–Crippen LogP) is 3.90. The van der Waals surface area contributed by atoms with Gasteiger partial charge < -0.3 is 10.1 Å². The summed E-state index contributed by atoms with van der Waals surface area (Å²) >= 11 is 12.0. The molecule has 2 rings (SSSR count). The molecule has 1 unspecified atom stereocenters. The number of hydrogen-bond acceptors (Lipinski definition) is 2. The molecule has 0 amide bonds. The molecule has 17 heavy (non-hydrogen) atoms. The maximum absolute atomic E-state index is 6.04. The molecule has 0 saturated carbocycles. The van der Waals surface area contributed by atoms with E-state index in [1.807, 2.05) is 12.1 Å². The number of benzene rings is 1. The number of halogens is 2. The highest BCUT2D eigenvalue weighted by Gasteiger charge is 2.12. The first-order chi connectivity index (χ1) is 8.27. The van der Waals surface area contributed by atoms with E-state index < -0.39 is 0 Å². The van der Waals surface area contributed by atoms with Crippen molar-refractivity contribution in [3.8, 4) is 5.75 Å². The van der Waals surface area contributed by atoms with Gasteiger partial charge in [0.15, 0.2) is 0 Å². The maximum Gasteiger partial charge on any atom is 0.139 e. The number of piperidine rings is 1. The van der Waals surface area contributed by atoms with Gasteiger partial charge in [-0.25, -0.2) is 0 Å². The second-order valence-electron chi connectivity index (χ2n) is 4.34. The Hall–Kier alpha value is -0.440. The Balaban J connectivity index is 1.79. The van der Waals surface area contributed by atoms with Gasteiger partial charge in [-0.05, 0) is 37.9 Å². The van der Waals surface area contributed by atoms with Gasteiger partial charge in [0.25, 0.3) is 0 Å². The summed E-state index contributed by atoms with van der Waals surface area (Å²) in [5.74, 6) is 0.676. The first-order valence-corrected chi connectivity index (χ1v) is 6.83. The summed E-state index contributed by atoms with van der Waals surface area (Å²) in [5, 5.41) is 4.54. The van der Waals surface area contributed by atoms with Gasteiger partial charge in [-0.15, -0.1) is 0 Å². The lowest BCUT2D eigenvalue weighted by Gasteiger charge is -2.23. The van der Waals surface area contributed by atoms with Crippen molar-refractivity contribution in [2.24, 2.45) is 0 Å². The molecule has 1 saturated heterocycles. The zero-order valence-corrected chi connectivity index (χ0v) is 11.2. The monoisotopic (exact) mass is 273 g/mol. The summed E-state index contributed by atoms with van der Waals surface area (Å²) in [5.41, 5.74) is 0. The van der Waals surface area contributed by atoms with E-state index in [1.54, 1.807) is 6.07 Å².